The first-order chi connectivity index (χ1) is 7.64. The van der Waals surface area contributed by atoms with Crippen LogP contribution in [0.25, 0.3) is 0 Å². The molecule has 0 radical (unpaired) electrons. The fourth-order valence-corrected chi connectivity index (χ4v) is 4.57. The van der Waals surface area contributed by atoms with Crippen LogP contribution in [0.4, 0.5) is 0 Å². The van der Waals surface area contributed by atoms with Crippen molar-refractivity contribution < 1.29 is 0 Å². The van der Waals surface area contributed by atoms with Gasteiger partial charge in [0.2, 0.25) is 0 Å². The van der Waals surface area contributed by atoms with Crippen LogP contribution in [0.1, 0.15) is 20.8 Å². The van der Waals surface area contributed by atoms with Crippen molar-refractivity contribution in [1.29, 1.82) is 0 Å². The summed E-state index contributed by atoms with van der Waals surface area (Å²) in [5, 5.41) is 1.20. The molecule has 98 valence electrons. The van der Waals surface area contributed by atoms with Gasteiger partial charge in [-0.05, 0) is 26.1 Å². The van der Waals surface area contributed by atoms with E-state index < -0.39 is 8.24 Å². The number of hydrogen-bond acceptors (Lipinski definition) is 1. The number of nitrogens with one attached hydrogen (secondary N) is 1. The molecule has 0 amide bonds. The minimum Gasteiger partial charge on any atom is -0.333 e. The van der Waals surface area contributed by atoms with E-state index >= 15 is 0 Å². The largest absolute Gasteiger partial charge is 0.333 e. The first kappa shape index (κ1) is 17.1. The Morgan fingerprint density at radius 3 is 1.71 bits per heavy atom. The van der Waals surface area contributed by atoms with Gasteiger partial charge in [-0.2, -0.15) is 0 Å². The van der Waals surface area contributed by atoms with E-state index in [1.165, 1.54) is 5.30 Å². The van der Waals surface area contributed by atoms with Crippen molar-refractivity contribution >= 4 is 32.7 Å². The monoisotopic (exact) mass is 289 g/mol. The second-order valence-corrected chi connectivity index (χ2v) is 12.2. The Labute approximate surface area is 114 Å². The highest BCUT2D eigenvalue weighted by Gasteiger charge is 2.20. The lowest BCUT2D eigenvalue weighted by Gasteiger charge is -2.30. The highest BCUT2D eigenvalue weighted by atomic mass is 35.7. The van der Waals surface area contributed by atoms with E-state index in [1.807, 2.05) is 30.3 Å². The third-order valence-electron chi connectivity index (χ3n) is 1.63. The van der Waals surface area contributed by atoms with Crippen molar-refractivity contribution in [1.82, 2.24) is 4.98 Å². The van der Waals surface area contributed by atoms with Gasteiger partial charge in [-0.1, -0.05) is 61.2 Å². The molecule has 0 aliphatic heterocycles. The first-order valence-electron chi connectivity index (χ1n) is 5.85. The van der Waals surface area contributed by atoms with E-state index in [0.29, 0.717) is 13.5 Å². The predicted molar refractivity (Wildman–Crippen MR) is 86.5 cm³/mol. The summed E-state index contributed by atoms with van der Waals surface area (Å²) in [6.07, 6.45) is 0. The summed E-state index contributed by atoms with van der Waals surface area (Å²) in [5.41, 5.74) is 0.296. The maximum absolute atomic E-state index is 5.55. The Bertz CT molecular complexity index is 291. The minimum absolute atomic E-state index is 0.296. The van der Waals surface area contributed by atoms with Gasteiger partial charge in [0.15, 0.2) is 0 Å². The third kappa shape index (κ3) is 12.4. The predicted octanol–water partition coefficient (Wildman–Crippen LogP) is 4.35. The van der Waals surface area contributed by atoms with Crippen LogP contribution in [-0.2, 0) is 0 Å². The molecular weight excluding hydrogens is 265 g/mol. The van der Waals surface area contributed by atoms with Crippen molar-refractivity contribution in [3.05, 3.63) is 30.3 Å². The first-order valence-corrected chi connectivity index (χ1v) is 11.4. The standard InChI is InChI=1S/C7H19NSi.C6H6ClP/c1-7(2,3)8-9(4,5)6;7-8-6-4-2-1-3-5-6/h8H,1-6H3;1-5,8H. The van der Waals surface area contributed by atoms with Gasteiger partial charge >= 0.3 is 0 Å². The van der Waals surface area contributed by atoms with Crippen molar-refractivity contribution in [3.8, 4) is 0 Å². The summed E-state index contributed by atoms with van der Waals surface area (Å²) >= 11 is 5.55. The Hall–Kier alpha value is 0.117. The molecule has 0 fully saturated rings. The molecule has 17 heavy (non-hydrogen) atoms. The van der Waals surface area contributed by atoms with E-state index in [9.17, 15) is 0 Å². The molecule has 1 atom stereocenters. The van der Waals surface area contributed by atoms with E-state index in [1.54, 1.807) is 0 Å². The van der Waals surface area contributed by atoms with Crippen LogP contribution in [0.15, 0.2) is 30.3 Å². The molecule has 0 spiro atoms. The molecule has 0 bridgehead atoms. The molecule has 0 aromatic heterocycles. The molecule has 1 N–H and O–H groups in total. The lowest BCUT2D eigenvalue weighted by atomic mass is 10.1. The summed E-state index contributed by atoms with van der Waals surface area (Å²) in [7, 11) is -0.640. The van der Waals surface area contributed by atoms with Crippen LogP contribution >= 0.6 is 19.2 Å². The second kappa shape index (κ2) is 7.53. The molecule has 0 saturated carbocycles. The quantitative estimate of drug-likeness (QED) is 0.630. The fourth-order valence-electron chi connectivity index (χ4n) is 1.63. The summed E-state index contributed by atoms with van der Waals surface area (Å²) in [4.78, 5) is 3.60. The average Bonchev–Trinajstić information content (AvgIpc) is 2.14. The van der Waals surface area contributed by atoms with Crippen LogP contribution in [0.5, 0.6) is 0 Å². The van der Waals surface area contributed by atoms with E-state index in [0.717, 1.165) is 0 Å². The highest BCUT2D eigenvalue weighted by molar-refractivity contribution is 7.74. The molecule has 0 saturated heterocycles. The van der Waals surface area contributed by atoms with Crippen molar-refractivity contribution in [3.63, 3.8) is 0 Å². The highest BCUT2D eigenvalue weighted by Crippen LogP contribution is 2.13. The molecule has 1 unspecified atom stereocenters. The van der Waals surface area contributed by atoms with Crippen molar-refractivity contribution in [2.24, 2.45) is 0 Å². The number of benzene rings is 1. The molecule has 1 aromatic carbocycles. The summed E-state index contributed by atoms with van der Waals surface area (Å²) in [5.74, 6) is 0. The van der Waals surface area contributed by atoms with Gasteiger partial charge in [-0.15, -0.1) is 0 Å². The lowest BCUT2D eigenvalue weighted by molar-refractivity contribution is 0.513. The molecule has 1 nitrogen and oxygen atoms in total. The normalized spacial score (nSPS) is 12.4. The number of rotatable bonds is 2. The Morgan fingerprint density at radius 2 is 1.53 bits per heavy atom. The zero-order chi connectivity index (χ0) is 13.5. The molecule has 0 aliphatic rings. The van der Waals surface area contributed by atoms with Crippen LogP contribution in [0.3, 0.4) is 0 Å². The van der Waals surface area contributed by atoms with Crippen molar-refractivity contribution in [2.45, 2.75) is 46.0 Å². The molecular formula is C13H25ClNPSi. The van der Waals surface area contributed by atoms with Crippen molar-refractivity contribution in [2.75, 3.05) is 0 Å². The van der Waals surface area contributed by atoms with Gasteiger partial charge in [0.1, 0.15) is 8.24 Å². The molecule has 4 heteroatoms. The molecule has 0 aliphatic carbocycles. The number of halogens is 1. The van der Waals surface area contributed by atoms with Crippen LogP contribution < -0.4 is 10.3 Å². The zero-order valence-electron chi connectivity index (χ0n) is 11.8. The Kier molecular flexibility index (Phi) is 7.58. The Morgan fingerprint density at radius 1 is 1.06 bits per heavy atom. The van der Waals surface area contributed by atoms with E-state index in [2.05, 4.69) is 45.4 Å². The summed E-state index contributed by atoms with van der Waals surface area (Å²) in [6.45, 7) is 13.6. The van der Waals surface area contributed by atoms with Crippen LogP contribution in [0, 0.1) is 0 Å². The van der Waals surface area contributed by atoms with Crippen LogP contribution in [-0.4, -0.2) is 13.8 Å². The summed E-state index contributed by atoms with van der Waals surface area (Å²) in [6, 6.07) is 10.0. The molecule has 1 aromatic rings. The maximum Gasteiger partial charge on any atom is 0.116 e. The second-order valence-electron chi connectivity index (χ2n) is 6.09. The fraction of sp³-hybridized carbons (Fsp3) is 0.538. The minimum atomic E-state index is -1.04. The molecule has 0 heterocycles. The van der Waals surface area contributed by atoms with E-state index in [4.69, 9.17) is 11.2 Å². The third-order valence-corrected chi connectivity index (χ3v) is 4.34. The smallest absolute Gasteiger partial charge is 0.116 e. The maximum atomic E-state index is 5.55. The topological polar surface area (TPSA) is 12.0 Å². The summed E-state index contributed by atoms with van der Waals surface area (Å²) < 4.78 is 0. The van der Waals surface area contributed by atoms with Crippen LogP contribution in [0.2, 0.25) is 19.6 Å². The van der Waals surface area contributed by atoms with E-state index in [-0.39, 0.29) is 0 Å². The zero-order valence-corrected chi connectivity index (χ0v) is 14.5. The van der Waals surface area contributed by atoms with Gasteiger partial charge in [0, 0.05) is 13.5 Å². The van der Waals surface area contributed by atoms with Gasteiger partial charge in [0.25, 0.3) is 0 Å². The number of hydrogen-bond donors (Lipinski definition) is 1. The van der Waals surface area contributed by atoms with Gasteiger partial charge in [-0.3, -0.25) is 0 Å². The Balaban J connectivity index is 0.000000302. The van der Waals surface area contributed by atoms with Gasteiger partial charge in [0.05, 0.1) is 0 Å². The van der Waals surface area contributed by atoms with Gasteiger partial charge < -0.3 is 4.98 Å². The molecule has 1 rings (SSSR count). The van der Waals surface area contributed by atoms with Gasteiger partial charge in [-0.25, -0.2) is 0 Å². The SMILES string of the molecule is CC(C)(C)N[Si](C)(C)C.ClPc1ccccc1. The lowest BCUT2D eigenvalue weighted by Crippen LogP contribution is -2.52. The average molecular weight is 290 g/mol.